The minimum atomic E-state index is -0.0550. The van der Waals surface area contributed by atoms with Crippen molar-refractivity contribution in [1.82, 2.24) is 4.90 Å². The third kappa shape index (κ3) is 3.70. The van der Waals surface area contributed by atoms with E-state index in [0.29, 0.717) is 5.92 Å². The van der Waals surface area contributed by atoms with Crippen molar-refractivity contribution in [3.8, 4) is 0 Å². The smallest absolute Gasteiger partial charge is 0.321 e. The van der Waals surface area contributed by atoms with Gasteiger partial charge in [-0.3, -0.25) is 0 Å². The first-order valence-corrected chi connectivity index (χ1v) is 6.73. The van der Waals surface area contributed by atoms with Crippen LogP contribution >= 0.6 is 0 Å². The molecular weight excluding hydrogens is 240 g/mol. The van der Waals surface area contributed by atoms with E-state index in [9.17, 15) is 4.79 Å². The number of nitrogens with one attached hydrogen (secondary N) is 1. The molecule has 1 N–H and O–H groups in total. The molecule has 0 spiro atoms. The predicted octanol–water partition coefficient (Wildman–Crippen LogP) is 2.80. The van der Waals surface area contributed by atoms with Gasteiger partial charge in [0.05, 0.1) is 6.61 Å². The quantitative estimate of drug-likeness (QED) is 0.910. The fraction of sp³-hybridized carbons (Fsp3) is 0.533. The van der Waals surface area contributed by atoms with Crippen LogP contribution in [0.5, 0.6) is 0 Å². The Morgan fingerprint density at radius 3 is 2.95 bits per heavy atom. The second kappa shape index (κ2) is 6.06. The Labute approximate surface area is 114 Å². The Kier molecular flexibility index (Phi) is 4.43. The molecule has 1 aliphatic heterocycles. The first-order valence-electron chi connectivity index (χ1n) is 6.73. The van der Waals surface area contributed by atoms with E-state index in [1.807, 2.05) is 39.1 Å². The van der Waals surface area contributed by atoms with Crippen LogP contribution in [-0.4, -0.2) is 37.7 Å². The molecule has 2 rings (SSSR count). The molecule has 0 radical (unpaired) electrons. The van der Waals surface area contributed by atoms with Crippen LogP contribution in [0.3, 0.4) is 0 Å². The Bertz CT molecular complexity index is 453. The fourth-order valence-electron chi connectivity index (χ4n) is 2.28. The van der Waals surface area contributed by atoms with Crippen molar-refractivity contribution in [2.75, 3.05) is 32.1 Å². The number of aryl methyl sites for hydroxylation is 2. The maximum absolute atomic E-state index is 12.1. The van der Waals surface area contributed by atoms with E-state index in [2.05, 4.69) is 5.32 Å². The normalized spacial score (nSPS) is 18.4. The van der Waals surface area contributed by atoms with Crippen LogP contribution in [-0.2, 0) is 4.74 Å². The second-order valence-corrected chi connectivity index (χ2v) is 5.36. The Morgan fingerprint density at radius 1 is 1.47 bits per heavy atom. The van der Waals surface area contributed by atoms with Crippen molar-refractivity contribution in [1.29, 1.82) is 0 Å². The Balaban J connectivity index is 1.93. The zero-order valence-electron chi connectivity index (χ0n) is 11.9. The molecule has 1 aliphatic rings. The van der Waals surface area contributed by atoms with Gasteiger partial charge < -0.3 is 15.0 Å². The van der Waals surface area contributed by atoms with Gasteiger partial charge in [-0.25, -0.2) is 4.79 Å². The van der Waals surface area contributed by atoms with Crippen molar-refractivity contribution in [3.05, 3.63) is 29.3 Å². The number of hydrogen-bond donors (Lipinski definition) is 1. The summed E-state index contributed by atoms with van der Waals surface area (Å²) >= 11 is 0. The van der Waals surface area contributed by atoms with E-state index in [1.54, 1.807) is 4.90 Å². The Hall–Kier alpha value is -1.55. The molecule has 0 aromatic heterocycles. The molecule has 2 amide bonds. The van der Waals surface area contributed by atoms with E-state index < -0.39 is 0 Å². The van der Waals surface area contributed by atoms with Gasteiger partial charge in [0.15, 0.2) is 0 Å². The average Bonchev–Trinajstić information content (AvgIpc) is 2.86. The van der Waals surface area contributed by atoms with Gasteiger partial charge in [0.2, 0.25) is 0 Å². The average molecular weight is 262 g/mol. The lowest BCUT2D eigenvalue weighted by Gasteiger charge is -2.21. The number of rotatable bonds is 3. The molecule has 1 atom stereocenters. The maximum atomic E-state index is 12.1. The lowest BCUT2D eigenvalue weighted by Crippen LogP contribution is -2.35. The van der Waals surface area contributed by atoms with Crippen LogP contribution in [0.25, 0.3) is 0 Å². The number of urea groups is 1. The summed E-state index contributed by atoms with van der Waals surface area (Å²) in [4.78, 5) is 13.9. The van der Waals surface area contributed by atoms with Gasteiger partial charge in [0, 0.05) is 31.8 Å². The zero-order valence-corrected chi connectivity index (χ0v) is 11.9. The molecule has 4 nitrogen and oxygen atoms in total. The highest BCUT2D eigenvalue weighted by Crippen LogP contribution is 2.18. The van der Waals surface area contributed by atoms with Crippen LogP contribution < -0.4 is 5.32 Å². The van der Waals surface area contributed by atoms with Crippen molar-refractivity contribution >= 4 is 11.7 Å². The fourth-order valence-corrected chi connectivity index (χ4v) is 2.28. The van der Waals surface area contributed by atoms with Gasteiger partial charge in [0.25, 0.3) is 0 Å². The van der Waals surface area contributed by atoms with Gasteiger partial charge in [-0.15, -0.1) is 0 Å². The summed E-state index contributed by atoms with van der Waals surface area (Å²) in [7, 11) is 1.83. The zero-order chi connectivity index (χ0) is 13.8. The van der Waals surface area contributed by atoms with Crippen LogP contribution in [0.2, 0.25) is 0 Å². The van der Waals surface area contributed by atoms with Crippen molar-refractivity contribution in [2.24, 2.45) is 5.92 Å². The summed E-state index contributed by atoms with van der Waals surface area (Å²) in [5.74, 6) is 0.467. The van der Waals surface area contributed by atoms with Crippen LogP contribution in [0.4, 0.5) is 10.5 Å². The molecule has 1 aromatic carbocycles. The number of hydrogen-bond acceptors (Lipinski definition) is 2. The lowest BCUT2D eigenvalue weighted by atomic mass is 10.1. The predicted molar refractivity (Wildman–Crippen MR) is 76.5 cm³/mol. The highest BCUT2D eigenvalue weighted by molar-refractivity contribution is 5.90. The maximum Gasteiger partial charge on any atom is 0.321 e. The highest BCUT2D eigenvalue weighted by atomic mass is 16.5. The van der Waals surface area contributed by atoms with Crippen LogP contribution in [0.1, 0.15) is 17.5 Å². The molecule has 1 unspecified atom stereocenters. The summed E-state index contributed by atoms with van der Waals surface area (Å²) in [5.41, 5.74) is 3.11. The van der Waals surface area contributed by atoms with Crippen molar-refractivity contribution < 1.29 is 9.53 Å². The third-order valence-electron chi connectivity index (χ3n) is 3.54. The molecule has 0 aliphatic carbocycles. The minimum Gasteiger partial charge on any atom is -0.381 e. The summed E-state index contributed by atoms with van der Waals surface area (Å²) in [6.07, 6.45) is 1.04. The highest BCUT2D eigenvalue weighted by Gasteiger charge is 2.20. The number of carbonyl (C=O) groups is 1. The van der Waals surface area contributed by atoms with Gasteiger partial charge >= 0.3 is 6.03 Å². The first kappa shape index (κ1) is 13.9. The third-order valence-corrected chi connectivity index (χ3v) is 3.54. The largest absolute Gasteiger partial charge is 0.381 e. The Morgan fingerprint density at radius 2 is 2.26 bits per heavy atom. The standard InChI is InChI=1S/C15H22N2O2/c1-11-4-5-12(2)14(8-11)16-15(18)17(3)9-13-6-7-19-10-13/h4-5,8,13H,6-7,9-10H2,1-3H3,(H,16,18). The number of amides is 2. The molecule has 104 valence electrons. The van der Waals surface area contributed by atoms with Gasteiger partial charge in [-0.05, 0) is 37.5 Å². The first-order chi connectivity index (χ1) is 9.06. The van der Waals surface area contributed by atoms with Gasteiger partial charge in [-0.2, -0.15) is 0 Å². The molecule has 0 saturated carbocycles. The van der Waals surface area contributed by atoms with Gasteiger partial charge in [-0.1, -0.05) is 12.1 Å². The number of nitrogens with zero attached hydrogens (tertiary/aromatic N) is 1. The summed E-state index contributed by atoms with van der Waals surface area (Å²) in [6.45, 7) is 6.35. The van der Waals surface area contributed by atoms with Gasteiger partial charge in [0.1, 0.15) is 0 Å². The van der Waals surface area contributed by atoms with E-state index in [-0.39, 0.29) is 6.03 Å². The lowest BCUT2D eigenvalue weighted by molar-refractivity contribution is 0.175. The SMILES string of the molecule is Cc1ccc(C)c(NC(=O)N(C)CC2CCOC2)c1. The molecule has 1 heterocycles. The summed E-state index contributed by atoms with van der Waals surface area (Å²) in [5, 5.41) is 2.97. The number of anilines is 1. The molecule has 19 heavy (non-hydrogen) atoms. The van der Waals surface area contributed by atoms with Crippen molar-refractivity contribution in [2.45, 2.75) is 20.3 Å². The van der Waals surface area contributed by atoms with Crippen molar-refractivity contribution in [3.63, 3.8) is 0 Å². The second-order valence-electron chi connectivity index (χ2n) is 5.36. The molecule has 1 aromatic rings. The monoisotopic (exact) mass is 262 g/mol. The topological polar surface area (TPSA) is 41.6 Å². The molecular formula is C15H22N2O2. The molecule has 1 fully saturated rings. The summed E-state index contributed by atoms with van der Waals surface area (Å²) in [6, 6.07) is 6.01. The van der Waals surface area contributed by atoms with Crippen LogP contribution in [0, 0.1) is 19.8 Å². The molecule has 1 saturated heterocycles. The van der Waals surface area contributed by atoms with E-state index >= 15 is 0 Å². The molecule has 0 bridgehead atoms. The number of carbonyl (C=O) groups excluding carboxylic acids is 1. The van der Waals surface area contributed by atoms with E-state index in [4.69, 9.17) is 4.74 Å². The minimum absolute atomic E-state index is 0.0550. The number of ether oxygens (including phenoxy) is 1. The number of benzene rings is 1. The van der Waals surface area contributed by atoms with Crippen LogP contribution in [0.15, 0.2) is 18.2 Å². The van der Waals surface area contributed by atoms with E-state index in [1.165, 1.54) is 0 Å². The molecule has 4 heteroatoms. The van der Waals surface area contributed by atoms with E-state index in [0.717, 1.165) is 43.0 Å². The summed E-state index contributed by atoms with van der Waals surface area (Å²) < 4.78 is 5.33.